The SMILES string of the molecule is O=CC/C=C1/C[C@@H]2C3CCC(C3)[C@@H]2C1. The second kappa shape index (κ2) is 3.22. The van der Waals surface area contributed by atoms with Crippen LogP contribution < -0.4 is 0 Å². The smallest absolute Gasteiger partial charge is 0.123 e. The van der Waals surface area contributed by atoms with Crippen molar-refractivity contribution in [2.24, 2.45) is 23.7 Å². The van der Waals surface area contributed by atoms with E-state index >= 15 is 0 Å². The normalized spacial score (nSPS) is 47.3. The summed E-state index contributed by atoms with van der Waals surface area (Å²) in [5.74, 6) is 4.11. The fraction of sp³-hybridized carbons (Fsp3) is 0.769. The van der Waals surface area contributed by atoms with Crippen molar-refractivity contribution >= 4 is 6.29 Å². The summed E-state index contributed by atoms with van der Waals surface area (Å²) in [6.07, 6.45) is 11.0. The van der Waals surface area contributed by atoms with Gasteiger partial charge in [-0.3, -0.25) is 0 Å². The van der Waals surface area contributed by atoms with Crippen molar-refractivity contribution in [3.8, 4) is 0 Å². The molecule has 3 rings (SSSR count). The molecule has 0 amide bonds. The molecule has 3 saturated carbocycles. The fourth-order valence-electron chi connectivity index (χ4n) is 4.24. The molecule has 0 aromatic rings. The summed E-state index contributed by atoms with van der Waals surface area (Å²) in [4.78, 5) is 10.3. The van der Waals surface area contributed by atoms with E-state index in [2.05, 4.69) is 6.08 Å². The zero-order chi connectivity index (χ0) is 9.54. The molecule has 3 aliphatic rings. The van der Waals surface area contributed by atoms with Crippen LogP contribution in [0.1, 0.15) is 38.5 Å². The van der Waals surface area contributed by atoms with Crippen LogP contribution in [0.25, 0.3) is 0 Å². The summed E-state index contributed by atoms with van der Waals surface area (Å²) < 4.78 is 0. The minimum atomic E-state index is 0.643. The van der Waals surface area contributed by atoms with E-state index < -0.39 is 0 Å². The molecule has 0 N–H and O–H groups in total. The highest BCUT2D eigenvalue weighted by molar-refractivity contribution is 5.52. The zero-order valence-corrected chi connectivity index (χ0v) is 8.61. The Morgan fingerprint density at radius 2 is 1.79 bits per heavy atom. The van der Waals surface area contributed by atoms with Crippen LogP contribution in [0.5, 0.6) is 0 Å². The van der Waals surface area contributed by atoms with Crippen LogP contribution >= 0.6 is 0 Å². The molecule has 0 heterocycles. The maximum atomic E-state index is 10.3. The van der Waals surface area contributed by atoms with Gasteiger partial charge in [-0.05, 0) is 55.8 Å². The van der Waals surface area contributed by atoms with Crippen LogP contribution in [0, 0.1) is 23.7 Å². The topological polar surface area (TPSA) is 17.1 Å². The van der Waals surface area contributed by atoms with Crippen molar-refractivity contribution in [2.45, 2.75) is 38.5 Å². The quantitative estimate of drug-likeness (QED) is 0.483. The standard InChI is InChI=1S/C13H18O/c14-5-1-2-9-6-12-10-3-4-11(8-10)13(12)7-9/h2,5,10-13H,1,3-4,6-8H2/b9-2-/t10?,11?,12-,13+/m1/s1. The van der Waals surface area contributed by atoms with Gasteiger partial charge in [-0.25, -0.2) is 0 Å². The minimum Gasteiger partial charge on any atom is -0.303 e. The number of allylic oxidation sites excluding steroid dienone is 2. The molecule has 4 atom stereocenters. The Kier molecular flexibility index (Phi) is 2.00. The monoisotopic (exact) mass is 190 g/mol. The van der Waals surface area contributed by atoms with E-state index in [0.29, 0.717) is 6.42 Å². The summed E-state index contributed by atoms with van der Waals surface area (Å²) in [5, 5.41) is 0. The number of hydrogen-bond donors (Lipinski definition) is 0. The van der Waals surface area contributed by atoms with E-state index in [0.717, 1.165) is 30.0 Å². The summed E-state index contributed by atoms with van der Waals surface area (Å²) in [6.45, 7) is 0. The molecule has 2 bridgehead atoms. The van der Waals surface area contributed by atoms with Gasteiger partial charge < -0.3 is 4.79 Å². The fourth-order valence-corrected chi connectivity index (χ4v) is 4.24. The molecule has 1 nitrogen and oxygen atoms in total. The van der Waals surface area contributed by atoms with Crippen molar-refractivity contribution in [1.82, 2.24) is 0 Å². The lowest BCUT2D eigenvalue weighted by atomic mass is 9.82. The molecular weight excluding hydrogens is 172 g/mol. The highest BCUT2D eigenvalue weighted by Gasteiger charge is 2.50. The van der Waals surface area contributed by atoms with E-state index in [1.165, 1.54) is 32.1 Å². The van der Waals surface area contributed by atoms with Crippen molar-refractivity contribution in [3.05, 3.63) is 11.6 Å². The van der Waals surface area contributed by atoms with Gasteiger partial charge in [0.05, 0.1) is 0 Å². The zero-order valence-electron chi connectivity index (χ0n) is 8.61. The first-order chi connectivity index (χ1) is 6.88. The lowest BCUT2D eigenvalue weighted by molar-refractivity contribution is -0.107. The Morgan fingerprint density at radius 3 is 2.36 bits per heavy atom. The van der Waals surface area contributed by atoms with E-state index in [-0.39, 0.29) is 0 Å². The van der Waals surface area contributed by atoms with E-state index in [1.54, 1.807) is 5.57 Å². The molecule has 0 saturated heterocycles. The first kappa shape index (κ1) is 8.70. The molecule has 0 aromatic heterocycles. The van der Waals surface area contributed by atoms with Gasteiger partial charge in [-0.15, -0.1) is 0 Å². The van der Waals surface area contributed by atoms with Crippen LogP contribution in [-0.2, 0) is 4.79 Å². The van der Waals surface area contributed by atoms with Gasteiger partial charge in [-0.2, -0.15) is 0 Å². The summed E-state index contributed by atoms with van der Waals surface area (Å²) in [5.41, 5.74) is 1.59. The van der Waals surface area contributed by atoms with Gasteiger partial charge in [0.25, 0.3) is 0 Å². The van der Waals surface area contributed by atoms with Crippen LogP contribution in [0.3, 0.4) is 0 Å². The van der Waals surface area contributed by atoms with E-state index in [4.69, 9.17) is 0 Å². The Balaban J connectivity index is 1.73. The third-order valence-electron chi connectivity index (χ3n) is 4.77. The van der Waals surface area contributed by atoms with Gasteiger partial charge in [-0.1, -0.05) is 11.6 Å². The molecule has 0 radical (unpaired) electrons. The van der Waals surface area contributed by atoms with E-state index in [9.17, 15) is 4.79 Å². The van der Waals surface area contributed by atoms with E-state index in [1.807, 2.05) is 0 Å². The number of fused-ring (bicyclic) bond motifs is 5. The number of rotatable bonds is 2. The Morgan fingerprint density at radius 1 is 1.14 bits per heavy atom. The average molecular weight is 190 g/mol. The van der Waals surface area contributed by atoms with Crippen molar-refractivity contribution in [3.63, 3.8) is 0 Å². The highest BCUT2D eigenvalue weighted by Crippen LogP contribution is 2.59. The predicted molar refractivity (Wildman–Crippen MR) is 55.8 cm³/mol. The second-order valence-electron chi connectivity index (χ2n) is 5.33. The molecule has 14 heavy (non-hydrogen) atoms. The average Bonchev–Trinajstić information content (AvgIpc) is 2.85. The lowest BCUT2D eigenvalue weighted by Crippen LogP contribution is -2.15. The molecule has 0 spiro atoms. The van der Waals surface area contributed by atoms with Gasteiger partial charge in [0.2, 0.25) is 0 Å². The molecule has 76 valence electrons. The summed E-state index contributed by atoms with van der Waals surface area (Å²) in [7, 11) is 0. The third-order valence-corrected chi connectivity index (χ3v) is 4.77. The van der Waals surface area contributed by atoms with Gasteiger partial charge >= 0.3 is 0 Å². The van der Waals surface area contributed by atoms with Gasteiger partial charge in [0.15, 0.2) is 0 Å². The number of carbonyl (C=O) groups is 1. The van der Waals surface area contributed by atoms with Crippen LogP contribution in [0.15, 0.2) is 11.6 Å². The maximum Gasteiger partial charge on any atom is 0.123 e. The molecular formula is C13H18O. The van der Waals surface area contributed by atoms with Crippen molar-refractivity contribution in [1.29, 1.82) is 0 Å². The molecule has 2 unspecified atom stereocenters. The number of carbonyl (C=O) groups excluding carboxylic acids is 1. The van der Waals surface area contributed by atoms with Crippen molar-refractivity contribution < 1.29 is 4.79 Å². The summed E-state index contributed by atoms with van der Waals surface area (Å²) >= 11 is 0. The van der Waals surface area contributed by atoms with Gasteiger partial charge in [0, 0.05) is 6.42 Å². The third kappa shape index (κ3) is 1.18. The first-order valence-electron chi connectivity index (χ1n) is 6.00. The Labute approximate surface area is 85.6 Å². The molecule has 0 aliphatic heterocycles. The van der Waals surface area contributed by atoms with Crippen LogP contribution in [-0.4, -0.2) is 6.29 Å². The number of aldehydes is 1. The lowest BCUT2D eigenvalue weighted by Gasteiger charge is -2.23. The molecule has 0 aromatic carbocycles. The minimum absolute atomic E-state index is 0.643. The largest absolute Gasteiger partial charge is 0.303 e. The highest BCUT2D eigenvalue weighted by atomic mass is 16.1. The Bertz CT molecular complexity index is 259. The first-order valence-corrected chi connectivity index (χ1v) is 6.00. The molecule has 3 aliphatic carbocycles. The van der Waals surface area contributed by atoms with Crippen molar-refractivity contribution in [2.75, 3.05) is 0 Å². The second-order valence-corrected chi connectivity index (χ2v) is 5.33. The summed E-state index contributed by atoms with van der Waals surface area (Å²) in [6, 6.07) is 0. The molecule has 1 heteroatoms. The predicted octanol–water partition coefficient (Wildman–Crippen LogP) is 2.96. The Hall–Kier alpha value is -0.590. The van der Waals surface area contributed by atoms with Crippen LogP contribution in [0.4, 0.5) is 0 Å². The number of hydrogen-bond acceptors (Lipinski definition) is 1. The molecule has 3 fully saturated rings. The van der Waals surface area contributed by atoms with Crippen LogP contribution in [0.2, 0.25) is 0 Å². The van der Waals surface area contributed by atoms with Gasteiger partial charge in [0.1, 0.15) is 6.29 Å². The maximum absolute atomic E-state index is 10.3.